The van der Waals surface area contributed by atoms with Gasteiger partial charge in [0, 0.05) is 24.2 Å². The molecule has 0 aromatic heterocycles. The van der Waals surface area contributed by atoms with Crippen LogP contribution in [0, 0.1) is 5.92 Å². The van der Waals surface area contributed by atoms with Gasteiger partial charge in [-0.25, -0.2) is 4.79 Å². The summed E-state index contributed by atoms with van der Waals surface area (Å²) in [6.45, 7) is 9.14. The van der Waals surface area contributed by atoms with Crippen molar-refractivity contribution in [3.63, 3.8) is 0 Å². The summed E-state index contributed by atoms with van der Waals surface area (Å²) in [6.07, 6.45) is 0.961. The summed E-state index contributed by atoms with van der Waals surface area (Å²) in [5.74, 6) is -1.88. The Morgan fingerprint density at radius 2 is 1.90 bits per heavy atom. The number of benzene rings is 1. The number of hydrogen-bond donors (Lipinski definition) is 2. The van der Waals surface area contributed by atoms with Gasteiger partial charge in [0.05, 0.1) is 5.92 Å². The largest absolute Gasteiger partial charge is 0.455 e. The molecule has 0 radical (unpaired) electrons. The zero-order valence-electron chi connectivity index (χ0n) is 18.3. The van der Waals surface area contributed by atoms with Crippen LogP contribution in [-0.4, -0.2) is 42.5 Å². The maximum absolute atomic E-state index is 12.6. The number of urea groups is 1. The number of carbonyl (C=O) groups excluding carboxylic acids is 4. The van der Waals surface area contributed by atoms with E-state index in [1.165, 1.54) is 0 Å². The maximum Gasteiger partial charge on any atom is 0.321 e. The molecule has 1 saturated heterocycles. The van der Waals surface area contributed by atoms with E-state index in [0.29, 0.717) is 0 Å². The van der Waals surface area contributed by atoms with Crippen LogP contribution in [0.15, 0.2) is 24.3 Å². The van der Waals surface area contributed by atoms with Gasteiger partial charge >= 0.3 is 12.0 Å². The third kappa shape index (κ3) is 6.30. The van der Waals surface area contributed by atoms with Gasteiger partial charge in [-0.3, -0.25) is 19.7 Å². The van der Waals surface area contributed by atoms with Gasteiger partial charge in [-0.2, -0.15) is 0 Å². The molecule has 0 unspecified atom stereocenters. The number of esters is 1. The van der Waals surface area contributed by atoms with Crippen molar-refractivity contribution in [2.45, 2.75) is 58.9 Å². The fourth-order valence-electron chi connectivity index (χ4n) is 3.26. The van der Waals surface area contributed by atoms with Crippen LogP contribution in [0.5, 0.6) is 0 Å². The van der Waals surface area contributed by atoms with Gasteiger partial charge < -0.3 is 15.0 Å². The minimum Gasteiger partial charge on any atom is -0.455 e. The van der Waals surface area contributed by atoms with Crippen molar-refractivity contribution in [3.8, 4) is 0 Å². The molecule has 0 aliphatic carbocycles. The van der Waals surface area contributed by atoms with E-state index in [2.05, 4.69) is 24.5 Å². The molecule has 1 aromatic rings. The first-order valence-corrected chi connectivity index (χ1v) is 10.2. The SMILES string of the molecule is CC[C@@H](C)c1ccccc1N1C[C@@H](C(=O)OCC(=O)NC(=O)NC(C)(C)C)CC1=O. The lowest BCUT2D eigenvalue weighted by atomic mass is 9.96. The number of rotatable bonds is 6. The Kier molecular flexibility index (Phi) is 7.59. The predicted molar refractivity (Wildman–Crippen MR) is 113 cm³/mol. The Hall–Kier alpha value is -2.90. The van der Waals surface area contributed by atoms with Crippen LogP contribution < -0.4 is 15.5 Å². The van der Waals surface area contributed by atoms with Gasteiger partial charge in [0.25, 0.3) is 5.91 Å². The summed E-state index contributed by atoms with van der Waals surface area (Å²) in [6, 6.07) is 7.02. The standard InChI is InChI=1S/C22H31N3O5/c1-6-14(2)16-9-7-8-10-17(16)25-12-15(11-19(25)27)20(28)30-13-18(26)23-21(29)24-22(3,4)5/h7-10,14-15H,6,11-13H2,1-5H3,(H2,23,24,26,29)/t14-,15+/m1/s1. The van der Waals surface area contributed by atoms with Crippen LogP contribution in [-0.2, 0) is 19.1 Å². The molecule has 1 aliphatic rings. The first kappa shape index (κ1) is 23.4. The minimum atomic E-state index is -0.728. The number of amides is 4. The molecule has 1 aliphatic heterocycles. The second kappa shape index (κ2) is 9.73. The number of hydrogen-bond acceptors (Lipinski definition) is 5. The van der Waals surface area contributed by atoms with Crippen molar-refractivity contribution in [2.75, 3.05) is 18.1 Å². The summed E-state index contributed by atoms with van der Waals surface area (Å²) in [4.78, 5) is 50.1. The highest BCUT2D eigenvalue weighted by molar-refractivity contribution is 6.00. The van der Waals surface area contributed by atoms with Crippen LogP contribution in [0.2, 0.25) is 0 Å². The molecule has 1 heterocycles. The highest BCUT2D eigenvalue weighted by atomic mass is 16.5. The average Bonchev–Trinajstić information content (AvgIpc) is 3.05. The molecule has 30 heavy (non-hydrogen) atoms. The highest BCUT2D eigenvalue weighted by Gasteiger charge is 2.37. The molecule has 0 bridgehead atoms. The first-order chi connectivity index (χ1) is 14.0. The van der Waals surface area contributed by atoms with Crippen LogP contribution in [0.4, 0.5) is 10.5 Å². The van der Waals surface area contributed by atoms with E-state index in [1.54, 1.807) is 25.7 Å². The van der Waals surface area contributed by atoms with Crippen molar-refractivity contribution in [2.24, 2.45) is 5.92 Å². The molecule has 8 heteroatoms. The third-order valence-electron chi connectivity index (χ3n) is 4.92. The normalized spacial score (nSPS) is 17.4. The Morgan fingerprint density at radius 3 is 2.53 bits per heavy atom. The molecule has 164 valence electrons. The van der Waals surface area contributed by atoms with E-state index >= 15 is 0 Å². The molecule has 0 spiro atoms. The quantitative estimate of drug-likeness (QED) is 0.693. The second-order valence-electron chi connectivity index (χ2n) is 8.63. The van der Waals surface area contributed by atoms with Gasteiger partial charge in [-0.05, 0) is 44.7 Å². The number of carbonyl (C=O) groups is 4. The molecule has 1 aromatic carbocycles. The number of imide groups is 1. The van der Waals surface area contributed by atoms with Crippen molar-refractivity contribution >= 4 is 29.5 Å². The Balaban J connectivity index is 1.93. The topological polar surface area (TPSA) is 105 Å². The number of nitrogens with one attached hydrogen (secondary N) is 2. The monoisotopic (exact) mass is 417 g/mol. The van der Waals surface area contributed by atoms with Gasteiger partial charge in [0.2, 0.25) is 5.91 Å². The third-order valence-corrected chi connectivity index (χ3v) is 4.92. The molecule has 4 amide bonds. The van der Waals surface area contributed by atoms with Gasteiger partial charge in [-0.1, -0.05) is 32.0 Å². The zero-order chi connectivity index (χ0) is 22.5. The van der Waals surface area contributed by atoms with Gasteiger partial charge in [-0.15, -0.1) is 0 Å². The zero-order valence-corrected chi connectivity index (χ0v) is 18.3. The lowest BCUT2D eigenvalue weighted by Gasteiger charge is -2.23. The lowest BCUT2D eigenvalue weighted by molar-refractivity contribution is -0.152. The van der Waals surface area contributed by atoms with Crippen LogP contribution in [0.3, 0.4) is 0 Å². The Morgan fingerprint density at radius 1 is 1.23 bits per heavy atom. The average molecular weight is 418 g/mol. The number of nitrogens with zero attached hydrogens (tertiary/aromatic N) is 1. The molecule has 1 fully saturated rings. The van der Waals surface area contributed by atoms with E-state index in [-0.39, 0.29) is 24.8 Å². The van der Waals surface area contributed by atoms with Crippen LogP contribution in [0.25, 0.3) is 0 Å². The lowest BCUT2D eigenvalue weighted by Crippen LogP contribution is -2.49. The molecule has 2 atom stereocenters. The number of anilines is 1. The summed E-state index contributed by atoms with van der Waals surface area (Å²) < 4.78 is 5.04. The van der Waals surface area contributed by atoms with Crippen molar-refractivity contribution in [1.29, 1.82) is 0 Å². The smallest absolute Gasteiger partial charge is 0.321 e. The summed E-state index contributed by atoms with van der Waals surface area (Å²) in [7, 11) is 0. The van der Waals surface area contributed by atoms with Gasteiger partial charge in [0.1, 0.15) is 0 Å². The molecule has 0 saturated carbocycles. The maximum atomic E-state index is 12.6. The fourth-order valence-corrected chi connectivity index (χ4v) is 3.26. The van der Waals surface area contributed by atoms with E-state index in [4.69, 9.17) is 4.74 Å². The molecular weight excluding hydrogens is 386 g/mol. The second-order valence-corrected chi connectivity index (χ2v) is 8.63. The Bertz CT molecular complexity index is 815. The van der Waals surface area contributed by atoms with Crippen LogP contribution >= 0.6 is 0 Å². The summed E-state index contributed by atoms with van der Waals surface area (Å²) in [5.41, 5.74) is 1.37. The van der Waals surface area contributed by atoms with E-state index in [0.717, 1.165) is 17.7 Å². The fraction of sp³-hybridized carbons (Fsp3) is 0.545. The summed E-state index contributed by atoms with van der Waals surface area (Å²) in [5, 5.41) is 4.69. The van der Waals surface area contributed by atoms with E-state index < -0.39 is 36.0 Å². The number of ether oxygens (including phenoxy) is 1. The molecule has 2 rings (SSSR count). The van der Waals surface area contributed by atoms with Crippen molar-refractivity contribution < 1.29 is 23.9 Å². The van der Waals surface area contributed by atoms with Crippen molar-refractivity contribution in [3.05, 3.63) is 29.8 Å². The Labute approximate surface area is 177 Å². The van der Waals surface area contributed by atoms with E-state index in [9.17, 15) is 19.2 Å². The minimum absolute atomic E-state index is 0.0276. The predicted octanol–water partition coefficient (Wildman–Crippen LogP) is 2.72. The summed E-state index contributed by atoms with van der Waals surface area (Å²) >= 11 is 0. The number of para-hydroxylation sites is 1. The molecule has 2 N–H and O–H groups in total. The van der Waals surface area contributed by atoms with Crippen molar-refractivity contribution in [1.82, 2.24) is 10.6 Å². The van der Waals surface area contributed by atoms with Crippen LogP contribution in [0.1, 0.15) is 58.9 Å². The van der Waals surface area contributed by atoms with E-state index in [1.807, 2.05) is 24.3 Å². The highest BCUT2D eigenvalue weighted by Crippen LogP contribution is 2.33. The molecule has 8 nitrogen and oxygen atoms in total. The van der Waals surface area contributed by atoms with Gasteiger partial charge in [0.15, 0.2) is 6.61 Å². The first-order valence-electron chi connectivity index (χ1n) is 10.2. The molecular formula is C22H31N3O5.